The minimum Gasteiger partial charge on any atom is -0.496 e. The summed E-state index contributed by atoms with van der Waals surface area (Å²) in [4.78, 5) is 24.3. The highest BCUT2D eigenvalue weighted by Crippen LogP contribution is 2.33. The van der Waals surface area contributed by atoms with Gasteiger partial charge in [-0.05, 0) is 48.9 Å². The van der Waals surface area contributed by atoms with Gasteiger partial charge in [-0.3, -0.25) is 14.7 Å². The van der Waals surface area contributed by atoms with Crippen LogP contribution < -0.4 is 9.64 Å². The van der Waals surface area contributed by atoms with E-state index in [-0.39, 0.29) is 12.5 Å². The number of halogens is 1. The van der Waals surface area contributed by atoms with Crippen molar-refractivity contribution in [1.29, 1.82) is 0 Å². The van der Waals surface area contributed by atoms with Crippen molar-refractivity contribution < 1.29 is 9.53 Å². The predicted octanol–water partition coefficient (Wildman–Crippen LogP) is 5.51. The number of para-hydroxylation sites is 1. The number of fused-ring (bicyclic) bond motifs is 1. The molecule has 0 N–H and O–H groups in total. The number of aryl methyl sites for hydroxylation is 1. The standard InChI is InChI=1S/C22H18ClN3O2S/c1-14-6-5-8-19-20(14)25-22(29-19)26(13-16-7-3-4-11-24-16)21(27)17-12-15(23)9-10-18(17)28-2/h3-12H,13H2,1-2H3. The molecular formula is C22H18ClN3O2S. The molecule has 0 bridgehead atoms. The zero-order valence-corrected chi connectivity index (χ0v) is 17.5. The van der Waals surface area contributed by atoms with Crippen molar-refractivity contribution in [3.8, 4) is 5.75 Å². The lowest BCUT2D eigenvalue weighted by Gasteiger charge is -2.21. The number of aromatic nitrogens is 2. The Bertz CT molecular complexity index is 1180. The summed E-state index contributed by atoms with van der Waals surface area (Å²) in [6, 6.07) is 16.6. The van der Waals surface area contributed by atoms with Crippen LogP contribution in [-0.4, -0.2) is 23.0 Å². The molecule has 0 aliphatic carbocycles. The molecule has 146 valence electrons. The van der Waals surface area contributed by atoms with Gasteiger partial charge in [0.25, 0.3) is 5.91 Å². The van der Waals surface area contributed by atoms with Crippen LogP contribution in [0.15, 0.2) is 60.8 Å². The summed E-state index contributed by atoms with van der Waals surface area (Å²) < 4.78 is 6.42. The van der Waals surface area contributed by atoms with Crippen LogP contribution in [0.25, 0.3) is 10.2 Å². The number of amides is 1. The van der Waals surface area contributed by atoms with Crippen molar-refractivity contribution in [1.82, 2.24) is 9.97 Å². The molecule has 4 aromatic rings. The number of carbonyl (C=O) groups excluding carboxylic acids is 1. The molecule has 0 atom stereocenters. The first-order chi connectivity index (χ1) is 14.1. The lowest BCUT2D eigenvalue weighted by molar-refractivity contribution is 0.0982. The first kappa shape index (κ1) is 19.4. The van der Waals surface area contributed by atoms with E-state index in [1.54, 1.807) is 29.3 Å². The molecule has 4 rings (SSSR count). The van der Waals surface area contributed by atoms with Gasteiger partial charge in [0.15, 0.2) is 5.13 Å². The third-order valence-corrected chi connectivity index (χ3v) is 5.80. The maximum atomic E-state index is 13.6. The van der Waals surface area contributed by atoms with E-state index < -0.39 is 0 Å². The van der Waals surface area contributed by atoms with Crippen molar-refractivity contribution >= 4 is 44.2 Å². The van der Waals surface area contributed by atoms with Crippen LogP contribution in [0.4, 0.5) is 5.13 Å². The molecule has 0 saturated carbocycles. The fraction of sp³-hybridized carbons (Fsp3) is 0.136. The number of nitrogens with zero attached hydrogens (tertiary/aromatic N) is 3. The Balaban J connectivity index is 1.82. The van der Waals surface area contributed by atoms with E-state index in [0.717, 1.165) is 21.5 Å². The van der Waals surface area contributed by atoms with Crippen LogP contribution in [0.2, 0.25) is 5.02 Å². The van der Waals surface area contributed by atoms with Crippen LogP contribution in [0.3, 0.4) is 0 Å². The number of ether oxygens (including phenoxy) is 1. The number of anilines is 1. The van der Waals surface area contributed by atoms with E-state index in [9.17, 15) is 4.79 Å². The number of rotatable bonds is 5. The first-order valence-corrected chi connectivity index (χ1v) is 10.2. The third kappa shape index (κ3) is 3.95. The molecule has 0 aliphatic rings. The predicted molar refractivity (Wildman–Crippen MR) is 117 cm³/mol. The topological polar surface area (TPSA) is 55.3 Å². The number of benzene rings is 2. The maximum Gasteiger partial charge on any atom is 0.264 e. The van der Waals surface area contributed by atoms with Crippen molar-refractivity contribution in [2.45, 2.75) is 13.5 Å². The molecule has 0 saturated heterocycles. The van der Waals surface area contributed by atoms with Gasteiger partial charge >= 0.3 is 0 Å². The SMILES string of the molecule is COc1ccc(Cl)cc1C(=O)N(Cc1ccccn1)c1nc2c(C)cccc2s1. The Morgan fingerprint density at radius 3 is 2.76 bits per heavy atom. The zero-order valence-electron chi connectivity index (χ0n) is 15.9. The molecule has 2 aromatic heterocycles. The highest BCUT2D eigenvalue weighted by atomic mass is 35.5. The summed E-state index contributed by atoms with van der Waals surface area (Å²) >= 11 is 7.63. The Hall–Kier alpha value is -2.96. The highest BCUT2D eigenvalue weighted by molar-refractivity contribution is 7.22. The second-order valence-corrected chi connectivity index (χ2v) is 7.92. The smallest absolute Gasteiger partial charge is 0.264 e. The van der Waals surface area contributed by atoms with Crippen molar-refractivity contribution in [3.05, 3.63) is 82.6 Å². The number of carbonyl (C=O) groups is 1. The van der Waals surface area contributed by atoms with E-state index in [2.05, 4.69) is 4.98 Å². The fourth-order valence-corrected chi connectivity index (χ4v) is 4.28. The Labute approximate surface area is 177 Å². The zero-order chi connectivity index (χ0) is 20.4. The summed E-state index contributed by atoms with van der Waals surface area (Å²) in [5.41, 5.74) is 3.10. The lowest BCUT2D eigenvalue weighted by atomic mass is 10.1. The van der Waals surface area contributed by atoms with Crippen LogP contribution in [-0.2, 0) is 6.54 Å². The molecule has 0 spiro atoms. The van der Waals surface area contributed by atoms with Crippen molar-refractivity contribution in [2.75, 3.05) is 12.0 Å². The summed E-state index contributed by atoms with van der Waals surface area (Å²) in [5.74, 6) is 0.217. The van der Waals surface area contributed by atoms with Crippen LogP contribution in [0.1, 0.15) is 21.6 Å². The molecule has 0 fully saturated rings. The number of thiazole rings is 1. The third-order valence-electron chi connectivity index (χ3n) is 4.52. The van der Waals surface area contributed by atoms with E-state index in [1.807, 2.05) is 43.3 Å². The van der Waals surface area contributed by atoms with Gasteiger partial charge in [0.2, 0.25) is 0 Å². The van der Waals surface area contributed by atoms with Crippen LogP contribution in [0.5, 0.6) is 5.75 Å². The molecule has 0 radical (unpaired) electrons. The average molecular weight is 424 g/mol. The quantitative estimate of drug-likeness (QED) is 0.424. The molecular weight excluding hydrogens is 406 g/mol. The van der Waals surface area contributed by atoms with Crippen molar-refractivity contribution in [2.24, 2.45) is 0 Å². The van der Waals surface area contributed by atoms with Gasteiger partial charge in [-0.15, -0.1) is 0 Å². The molecule has 29 heavy (non-hydrogen) atoms. The van der Waals surface area contributed by atoms with Gasteiger partial charge in [-0.1, -0.05) is 41.1 Å². The van der Waals surface area contributed by atoms with E-state index in [1.165, 1.54) is 18.4 Å². The van der Waals surface area contributed by atoms with Gasteiger partial charge in [-0.25, -0.2) is 4.98 Å². The van der Waals surface area contributed by atoms with Gasteiger partial charge in [0.1, 0.15) is 5.75 Å². The average Bonchev–Trinajstić information content (AvgIpc) is 3.17. The van der Waals surface area contributed by atoms with Gasteiger partial charge in [-0.2, -0.15) is 0 Å². The molecule has 0 unspecified atom stereocenters. The van der Waals surface area contributed by atoms with E-state index in [4.69, 9.17) is 21.3 Å². The summed E-state index contributed by atoms with van der Waals surface area (Å²) in [5, 5.41) is 1.07. The molecule has 7 heteroatoms. The molecule has 0 aliphatic heterocycles. The maximum absolute atomic E-state index is 13.6. The molecule has 1 amide bonds. The Morgan fingerprint density at radius 2 is 2.03 bits per heavy atom. The van der Waals surface area contributed by atoms with E-state index >= 15 is 0 Å². The second-order valence-electron chi connectivity index (χ2n) is 6.48. The van der Waals surface area contributed by atoms with Gasteiger partial charge in [0.05, 0.1) is 35.1 Å². The minimum absolute atomic E-state index is 0.244. The summed E-state index contributed by atoms with van der Waals surface area (Å²) in [7, 11) is 1.53. The molecule has 5 nitrogen and oxygen atoms in total. The fourth-order valence-electron chi connectivity index (χ4n) is 3.06. The van der Waals surface area contributed by atoms with E-state index in [0.29, 0.717) is 21.5 Å². The minimum atomic E-state index is -0.244. The largest absolute Gasteiger partial charge is 0.496 e. The van der Waals surface area contributed by atoms with Crippen LogP contribution >= 0.6 is 22.9 Å². The lowest BCUT2D eigenvalue weighted by Crippen LogP contribution is -2.31. The monoisotopic (exact) mass is 423 g/mol. The number of hydrogen-bond donors (Lipinski definition) is 0. The highest BCUT2D eigenvalue weighted by Gasteiger charge is 2.25. The number of methoxy groups -OCH3 is 1. The normalized spacial score (nSPS) is 10.9. The number of pyridine rings is 1. The second kappa shape index (κ2) is 8.19. The van der Waals surface area contributed by atoms with Crippen LogP contribution in [0, 0.1) is 6.92 Å². The Kier molecular flexibility index (Phi) is 5.47. The molecule has 2 aromatic carbocycles. The van der Waals surface area contributed by atoms with Crippen molar-refractivity contribution in [3.63, 3.8) is 0 Å². The summed E-state index contributed by atoms with van der Waals surface area (Å²) in [6.45, 7) is 2.30. The Morgan fingerprint density at radius 1 is 1.17 bits per heavy atom. The van der Waals surface area contributed by atoms with Gasteiger partial charge in [0, 0.05) is 11.2 Å². The first-order valence-electron chi connectivity index (χ1n) is 8.98. The number of hydrogen-bond acceptors (Lipinski definition) is 5. The summed E-state index contributed by atoms with van der Waals surface area (Å²) in [6.07, 6.45) is 1.71. The molecule has 2 heterocycles. The van der Waals surface area contributed by atoms with Gasteiger partial charge < -0.3 is 4.74 Å².